The molecule has 0 aliphatic heterocycles. The average molecular weight is 395 g/mol. The third kappa shape index (κ3) is 6.29. The second kappa shape index (κ2) is 10.6. The summed E-state index contributed by atoms with van der Waals surface area (Å²) in [5.41, 5.74) is 0.744. The molecule has 7 heteroatoms. The number of phenolic OH excluding ortho intramolecular Hbond substituents is 1. The van der Waals surface area contributed by atoms with Gasteiger partial charge in [-0.15, -0.1) is 24.0 Å². The molecule has 0 heterocycles. The lowest BCUT2D eigenvalue weighted by Gasteiger charge is -2.13. The predicted molar refractivity (Wildman–Crippen MR) is 90.2 cm³/mol. The fraction of sp³-hybridized carbons (Fsp3) is 0.462. The lowest BCUT2D eigenvalue weighted by atomic mass is 10.2. The molecular weight excluding hydrogens is 373 g/mol. The van der Waals surface area contributed by atoms with Crippen molar-refractivity contribution in [3.8, 4) is 11.5 Å². The maximum atomic E-state index is 9.75. The zero-order valence-corrected chi connectivity index (χ0v) is 14.3. The van der Waals surface area contributed by atoms with Gasteiger partial charge in [-0.25, -0.2) is 0 Å². The summed E-state index contributed by atoms with van der Waals surface area (Å²) < 4.78 is 10.1. The van der Waals surface area contributed by atoms with Crippen LogP contribution in [-0.4, -0.2) is 45.5 Å². The first-order valence-electron chi connectivity index (χ1n) is 6.00. The number of guanidine groups is 1. The molecular formula is C13H22IN3O3. The highest BCUT2D eigenvalue weighted by Crippen LogP contribution is 2.22. The van der Waals surface area contributed by atoms with Crippen molar-refractivity contribution in [3.63, 3.8) is 0 Å². The van der Waals surface area contributed by atoms with Crippen LogP contribution in [0, 0.1) is 0 Å². The summed E-state index contributed by atoms with van der Waals surface area (Å²) in [6.45, 7) is 1.72. The SMILES string of the molecule is CN=C(NCCOC)NCc1cc(OC)ccc1O.I. The number of aromatic hydroxyl groups is 1. The predicted octanol–water partition coefficient (Wildman–Crippen LogP) is 1.33. The third-order valence-corrected chi connectivity index (χ3v) is 2.56. The van der Waals surface area contributed by atoms with Gasteiger partial charge in [-0.05, 0) is 18.2 Å². The molecule has 1 aromatic carbocycles. The highest BCUT2D eigenvalue weighted by atomic mass is 127. The van der Waals surface area contributed by atoms with Crippen LogP contribution >= 0.6 is 24.0 Å². The maximum absolute atomic E-state index is 9.75. The zero-order valence-electron chi connectivity index (χ0n) is 12.0. The van der Waals surface area contributed by atoms with Crippen molar-refractivity contribution in [3.05, 3.63) is 23.8 Å². The first-order chi connectivity index (χ1) is 9.21. The van der Waals surface area contributed by atoms with E-state index >= 15 is 0 Å². The standard InChI is InChI=1S/C13H21N3O3.HI/c1-14-13(15-6-7-18-2)16-9-10-8-11(19-3)4-5-12(10)17;/h4-5,8,17H,6-7,9H2,1-3H3,(H2,14,15,16);1H. The van der Waals surface area contributed by atoms with Crippen molar-refractivity contribution in [2.45, 2.75) is 6.54 Å². The number of nitrogens with zero attached hydrogens (tertiary/aromatic N) is 1. The second-order valence-electron chi connectivity index (χ2n) is 3.84. The van der Waals surface area contributed by atoms with Crippen molar-refractivity contribution >= 4 is 29.9 Å². The molecule has 0 aliphatic carbocycles. The summed E-state index contributed by atoms with van der Waals surface area (Å²) >= 11 is 0. The summed E-state index contributed by atoms with van der Waals surface area (Å²) in [6, 6.07) is 5.10. The van der Waals surface area contributed by atoms with Crippen LogP contribution in [0.2, 0.25) is 0 Å². The number of aliphatic imine (C=N–C) groups is 1. The van der Waals surface area contributed by atoms with Gasteiger partial charge < -0.3 is 25.2 Å². The van der Waals surface area contributed by atoms with Crippen LogP contribution in [0.1, 0.15) is 5.56 Å². The topological polar surface area (TPSA) is 75.1 Å². The van der Waals surface area contributed by atoms with E-state index in [-0.39, 0.29) is 29.7 Å². The minimum Gasteiger partial charge on any atom is -0.508 e. The molecule has 0 aromatic heterocycles. The summed E-state index contributed by atoms with van der Waals surface area (Å²) in [7, 11) is 4.93. The van der Waals surface area contributed by atoms with Gasteiger partial charge in [0.25, 0.3) is 0 Å². The Morgan fingerprint density at radius 1 is 1.30 bits per heavy atom. The van der Waals surface area contributed by atoms with Crippen molar-refractivity contribution in [1.82, 2.24) is 10.6 Å². The number of benzene rings is 1. The van der Waals surface area contributed by atoms with E-state index < -0.39 is 0 Å². The van der Waals surface area contributed by atoms with Gasteiger partial charge in [0.2, 0.25) is 0 Å². The number of rotatable bonds is 6. The normalized spacial score (nSPS) is 10.7. The van der Waals surface area contributed by atoms with Crippen molar-refractivity contribution < 1.29 is 14.6 Å². The number of nitrogens with one attached hydrogen (secondary N) is 2. The van der Waals surface area contributed by atoms with Crippen LogP contribution in [0.3, 0.4) is 0 Å². The van der Waals surface area contributed by atoms with E-state index in [0.717, 1.165) is 5.56 Å². The van der Waals surface area contributed by atoms with E-state index in [0.29, 0.717) is 31.4 Å². The molecule has 0 saturated heterocycles. The third-order valence-electron chi connectivity index (χ3n) is 2.56. The van der Waals surface area contributed by atoms with E-state index in [1.165, 1.54) is 0 Å². The molecule has 0 unspecified atom stereocenters. The molecule has 0 radical (unpaired) electrons. The first kappa shape index (κ1) is 18.8. The zero-order chi connectivity index (χ0) is 14.1. The van der Waals surface area contributed by atoms with Crippen LogP contribution in [0.5, 0.6) is 11.5 Å². The Balaban J connectivity index is 0.00000361. The lowest BCUT2D eigenvalue weighted by Crippen LogP contribution is -2.38. The number of hydrogen-bond acceptors (Lipinski definition) is 4. The minimum absolute atomic E-state index is 0. The van der Waals surface area contributed by atoms with Gasteiger partial charge in [-0.1, -0.05) is 0 Å². The molecule has 0 atom stereocenters. The molecule has 3 N–H and O–H groups in total. The quantitative estimate of drug-likeness (QED) is 0.293. The van der Waals surface area contributed by atoms with Crippen LogP contribution < -0.4 is 15.4 Å². The Morgan fingerprint density at radius 2 is 2.05 bits per heavy atom. The molecule has 0 amide bonds. The van der Waals surface area contributed by atoms with E-state index in [9.17, 15) is 5.11 Å². The number of phenols is 1. The Labute approximate surface area is 136 Å². The number of hydrogen-bond donors (Lipinski definition) is 3. The van der Waals surface area contributed by atoms with Gasteiger partial charge in [0, 0.05) is 32.8 Å². The van der Waals surface area contributed by atoms with Crippen LogP contribution in [0.15, 0.2) is 23.2 Å². The second-order valence-corrected chi connectivity index (χ2v) is 3.84. The smallest absolute Gasteiger partial charge is 0.191 e. The van der Waals surface area contributed by atoms with Crippen molar-refractivity contribution in [2.75, 3.05) is 34.4 Å². The molecule has 1 rings (SSSR count). The lowest BCUT2D eigenvalue weighted by molar-refractivity contribution is 0.203. The molecule has 114 valence electrons. The molecule has 0 bridgehead atoms. The van der Waals surface area contributed by atoms with Crippen molar-refractivity contribution in [2.24, 2.45) is 4.99 Å². The molecule has 0 aliphatic rings. The van der Waals surface area contributed by atoms with E-state index in [4.69, 9.17) is 9.47 Å². The molecule has 0 spiro atoms. The highest BCUT2D eigenvalue weighted by Gasteiger charge is 2.04. The maximum Gasteiger partial charge on any atom is 0.191 e. The highest BCUT2D eigenvalue weighted by molar-refractivity contribution is 14.0. The van der Waals surface area contributed by atoms with Gasteiger partial charge in [-0.3, -0.25) is 4.99 Å². The summed E-state index contributed by atoms with van der Waals surface area (Å²) in [6.07, 6.45) is 0. The van der Waals surface area contributed by atoms with Gasteiger partial charge in [-0.2, -0.15) is 0 Å². The molecule has 0 fully saturated rings. The van der Waals surface area contributed by atoms with Crippen LogP contribution in [-0.2, 0) is 11.3 Å². The van der Waals surface area contributed by atoms with Gasteiger partial charge in [0.05, 0.1) is 13.7 Å². The number of methoxy groups -OCH3 is 2. The summed E-state index contributed by atoms with van der Waals surface area (Å²) in [5.74, 6) is 1.58. The van der Waals surface area contributed by atoms with Crippen molar-refractivity contribution in [1.29, 1.82) is 0 Å². The Hall–Kier alpha value is -1.22. The van der Waals surface area contributed by atoms with E-state index in [1.54, 1.807) is 39.5 Å². The monoisotopic (exact) mass is 395 g/mol. The summed E-state index contributed by atoms with van der Waals surface area (Å²) in [5, 5.41) is 15.9. The minimum atomic E-state index is 0. The Kier molecular flexibility index (Phi) is 9.91. The fourth-order valence-electron chi connectivity index (χ4n) is 1.50. The van der Waals surface area contributed by atoms with Crippen LogP contribution in [0.25, 0.3) is 0 Å². The molecule has 0 saturated carbocycles. The van der Waals surface area contributed by atoms with Crippen LogP contribution in [0.4, 0.5) is 0 Å². The van der Waals surface area contributed by atoms with Gasteiger partial charge in [0.1, 0.15) is 11.5 Å². The molecule has 1 aromatic rings. The average Bonchev–Trinajstić information content (AvgIpc) is 2.44. The first-order valence-corrected chi connectivity index (χ1v) is 6.00. The van der Waals surface area contributed by atoms with Gasteiger partial charge >= 0.3 is 0 Å². The summed E-state index contributed by atoms with van der Waals surface area (Å²) in [4.78, 5) is 4.07. The van der Waals surface area contributed by atoms with E-state index in [2.05, 4.69) is 15.6 Å². The number of ether oxygens (including phenoxy) is 2. The number of halogens is 1. The Morgan fingerprint density at radius 3 is 2.65 bits per heavy atom. The molecule has 20 heavy (non-hydrogen) atoms. The fourth-order valence-corrected chi connectivity index (χ4v) is 1.50. The van der Waals surface area contributed by atoms with E-state index in [1.807, 2.05) is 0 Å². The largest absolute Gasteiger partial charge is 0.508 e. The molecule has 6 nitrogen and oxygen atoms in total. The van der Waals surface area contributed by atoms with Gasteiger partial charge in [0.15, 0.2) is 5.96 Å². The Bertz CT molecular complexity index is 427.